The highest BCUT2D eigenvalue weighted by atomic mass is 14.7. The molecule has 1 aliphatic rings. The SMILES string of the molecule is CCc1ccc(C(N)C2CCCC2(C)C)cc1. The van der Waals surface area contributed by atoms with Crippen molar-refractivity contribution in [1.29, 1.82) is 0 Å². The molecule has 0 aromatic heterocycles. The van der Waals surface area contributed by atoms with Gasteiger partial charge in [0, 0.05) is 6.04 Å². The third kappa shape index (κ3) is 2.55. The summed E-state index contributed by atoms with van der Waals surface area (Å²) in [5, 5.41) is 0. The lowest BCUT2D eigenvalue weighted by Crippen LogP contribution is -2.29. The summed E-state index contributed by atoms with van der Waals surface area (Å²) in [5.41, 5.74) is 9.58. The molecule has 0 radical (unpaired) electrons. The molecule has 1 nitrogen and oxygen atoms in total. The largest absolute Gasteiger partial charge is 0.324 e. The highest BCUT2D eigenvalue weighted by Gasteiger charge is 2.38. The number of rotatable bonds is 3. The Kier molecular flexibility index (Phi) is 3.58. The van der Waals surface area contributed by atoms with Crippen LogP contribution in [-0.4, -0.2) is 0 Å². The molecule has 2 rings (SSSR count). The molecule has 0 heterocycles. The maximum Gasteiger partial charge on any atom is 0.0328 e. The molecule has 0 bridgehead atoms. The van der Waals surface area contributed by atoms with E-state index in [1.54, 1.807) is 0 Å². The van der Waals surface area contributed by atoms with Crippen LogP contribution in [0.5, 0.6) is 0 Å². The van der Waals surface area contributed by atoms with E-state index in [1.807, 2.05) is 0 Å². The lowest BCUT2D eigenvalue weighted by molar-refractivity contribution is 0.222. The van der Waals surface area contributed by atoms with Gasteiger partial charge in [-0.3, -0.25) is 0 Å². The molecule has 2 N–H and O–H groups in total. The van der Waals surface area contributed by atoms with Crippen molar-refractivity contribution >= 4 is 0 Å². The van der Waals surface area contributed by atoms with Gasteiger partial charge in [-0.25, -0.2) is 0 Å². The average molecular weight is 231 g/mol. The van der Waals surface area contributed by atoms with Crippen LogP contribution in [0.2, 0.25) is 0 Å². The summed E-state index contributed by atoms with van der Waals surface area (Å²) in [6.07, 6.45) is 5.03. The molecule has 1 aliphatic carbocycles. The van der Waals surface area contributed by atoms with Gasteiger partial charge in [-0.05, 0) is 41.7 Å². The summed E-state index contributed by atoms with van der Waals surface area (Å²) in [6.45, 7) is 6.92. The van der Waals surface area contributed by atoms with Gasteiger partial charge < -0.3 is 5.73 Å². The normalized spacial score (nSPS) is 24.8. The van der Waals surface area contributed by atoms with E-state index < -0.39 is 0 Å². The third-order valence-electron chi connectivity index (χ3n) is 4.55. The van der Waals surface area contributed by atoms with Crippen molar-refractivity contribution in [2.75, 3.05) is 0 Å². The summed E-state index contributed by atoms with van der Waals surface area (Å²) in [4.78, 5) is 0. The number of hydrogen-bond acceptors (Lipinski definition) is 1. The summed E-state index contributed by atoms with van der Waals surface area (Å²) in [5.74, 6) is 0.634. The lowest BCUT2D eigenvalue weighted by atomic mass is 9.76. The molecule has 1 aromatic carbocycles. The minimum absolute atomic E-state index is 0.207. The molecule has 1 heteroatoms. The second kappa shape index (κ2) is 4.81. The molecule has 2 unspecified atom stereocenters. The molecule has 1 aromatic rings. The predicted molar refractivity (Wildman–Crippen MR) is 73.9 cm³/mol. The van der Waals surface area contributed by atoms with Gasteiger partial charge in [0.05, 0.1) is 0 Å². The van der Waals surface area contributed by atoms with Crippen LogP contribution in [0.4, 0.5) is 0 Å². The third-order valence-corrected chi connectivity index (χ3v) is 4.55. The summed E-state index contributed by atoms with van der Waals surface area (Å²) < 4.78 is 0. The number of aryl methyl sites for hydroxylation is 1. The first-order valence-corrected chi connectivity index (χ1v) is 6.89. The molecule has 0 amide bonds. The van der Waals surface area contributed by atoms with Crippen LogP contribution in [0, 0.1) is 11.3 Å². The molecule has 0 saturated heterocycles. The van der Waals surface area contributed by atoms with Gasteiger partial charge in [0.2, 0.25) is 0 Å². The summed E-state index contributed by atoms with van der Waals surface area (Å²) in [7, 11) is 0. The number of nitrogens with two attached hydrogens (primary N) is 1. The first-order valence-electron chi connectivity index (χ1n) is 6.89. The fourth-order valence-corrected chi connectivity index (χ4v) is 3.23. The Morgan fingerprint density at radius 2 is 1.94 bits per heavy atom. The van der Waals surface area contributed by atoms with Crippen molar-refractivity contribution in [2.24, 2.45) is 17.1 Å². The number of benzene rings is 1. The van der Waals surface area contributed by atoms with E-state index >= 15 is 0 Å². The average Bonchev–Trinajstić information content (AvgIpc) is 2.68. The van der Waals surface area contributed by atoms with Crippen molar-refractivity contribution < 1.29 is 0 Å². The highest BCUT2D eigenvalue weighted by Crippen LogP contribution is 2.47. The minimum atomic E-state index is 0.207. The van der Waals surface area contributed by atoms with E-state index in [2.05, 4.69) is 45.0 Å². The van der Waals surface area contributed by atoms with E-state index in [1.165, 1.54) is 30.4 Å². The molecule has 94 valence electrons. The Balaban J connectivity index is 2.16. The smallest absolute Gasteiger partial charge is 0.0328 e. The number of hydrogen-bond donors (Lipinski definition) is 1. The fourth-order valence-electron chi connectivity index (χ4n) is 3.23. The van der Waals surface area contributed by atoms with Crippen molar-refractivity contribution in [2.45, 2.75) is 52.5 Å². The lowest BCUT2D eigenvalue weighted by Gasteiger charge is -2.32. The van der Waals surface area contributed by atoms with Crippen LogP contribution in [0.3, 0.4) is 0 Å². The van der Waals surface area contributed by atoms with Gasteiger partial charge in [0.1, 0.15) is 0 Å². The first-order chi connectivity index (χ1) is 8.04. The zero-order valence-corrected chi connectivity index (χ0v) is 11.4. The van der Waals surface area contributed by atoms with E-state index in [9.17, 15) is 0 Å². The maximum absolute atomic E-state index is 6.47. The Bertz CT molecular complexity index is 364. The quantitative estimate of drug-likeness (QED) is 0.833. The summed E-state index contributed by atoms with van der Waals surface area (Å²) in [6, 6.07) is 9.09. The molecular formula is C16H25N. The summed E-state index contributed by atoms with van der Waals surface area (Å²) >= 11 is 0. The second-order valence-corrected chi connectivity index (χ2v) is 6.11. The standard InChI is InChI=1S/C16H25N/c1-4-12-7-9-13(10-8-12)15(17)14-6-5-11-16(14,2)3/h7-10,14-15H,4-6,11,17H2,1-3H3. The predicted octanol–water partition coefficient (Wildman–Crippen LogP) is 4.08. The molecule has 17 heavy (non-hydrogen) atoms. The first kappa shape index (κ1) is 12.6. The topological polar surface area (TPSA) is 26.0 Å². The molecule has 0 spiro atoms. The van der Waals surface area contributed by atoms with Gasteiger partial charge in [-0.2, -0.15) is 0 Å². The Hall–Kier alpha value is -0.820. The van der Waals surface area contributed by atoms with Crippen molar-refractivity contribution in [1.82, 2.24) is 0 Å². The molecular weight excluding hydrogens is 206 g/mol. The molecule has 0 aliphatic heterocycles. The van der Waals surface area contributed by atoms with E-state index in [0.29, 0.717) is 11.3 Å². The van der Waals surface area contributed by atoms with Crippen LogP contribution in [0.25, 0.3) is 0 Å². The van der Waals surface area contributed by atoms with Crippen LogP contribution in [0.1, 0.15) is 57.2 Å². The Morgan fingerprint density at radius 1 is 1.29 bits per heavy atom. The van der Waals surface area contributed by atoms with Gasteiger partial charge in [-0.1, -0.05) is 51.5 Å². The fraction of sp³-hybridized carbons (Fsp3) is 0.625. The van der Waals surface area contributed by atoms with Gasteiger partial charge in [0.25, 0.3) is 0 Å². The zero-order chi connectivity index (χ0) is 12.5. The van der Waals surface area contributed by atoms with Crippen molar-refractivity contribution in [3.8, 4) is 0 Å². The maximum atomic E-state index is 6.47. The van der Waals surface area contributed by atoms with E-state index in [4.69, 9.17) is 5.73 Å². The van der Waals surface area contributed by atoms with Gasteiger partial charge in [-0.15, -0.1) is 0 Å². The van der Waals surface area contributed by atoms with Crippen molar-refractivity contribution in [3.05, 3.63) is 35.4 Å². The zero-order valence-electron chi connectivity index (χ0n) is 11.4. The van der Waals surface area contributed by atoms with E-state index in [0.717, 1.165) is 6.42 Å². The van der Waals surface area contributed by atoms with Crippen LogP contribution < -0.4 is 5.73 Å². The molecule has 2 atom stereocenters. The highest BCUT2D eigenvalue weighted by molar-refractivity contribution is 5.25. The van der Waals surface area contributed by atoms with Crippen LogP contribution in [-0.2, 0) is 6.42 Å². The van der Waals surface area contributed by atoms with Crippen LogP contribution >= 0.6 is 0 Å². The van der Waals surface area contributed by atoms with Gasteiger partial charge in [0.15, 0.2) is 0 Å². The van der Waals surface area contributed by atoms with Gasteiger partial charge >= 0.3 is 0 Å². The van der Waals surface area contributed by atoms with E-state index in [-0.39, 0.29) is 6.04 Å². The Labute approximate surface area is 105 Å². The molecule has 1 saturated carbocycles. The van der Waals surface area contributed by atoms with Crippen molar-refractivity contribution in [3.63, 3.8) is 0 Å². The minimum Gasteiger partial charge on any atom is -0.324 e. The van der Waals surface area contributed by atoms with Crippen LogP contribution in [0.15, 0.2) is 24.3 Å². The molecule has 1 fully saturated rings. The second-order valence-electron chi connectivity index (χ2n) is 6.11. The Morgan fingerprint density at radius 3 is 2.41 bits per heavy atom. The monoisotopic (exact) mass is 231 g/mol.